The SMILES string of the molecule is CCC(C)c1ccc(C=Nc2ccccc2)cc1. The zero-order chi connectivity index (χ0) is 12.8. The second kappa shape index (κ2) is 6.15. The van der Waals surface area contributed by atoms with Crippen molar-refractivity contribution in [2.24, 2.45) is 4.99 Å². The fraction of sp³-hybridized carbons (Fsp3) is 0.235. The molecule has 0 aliphatic heterocycles. The molecule has 0 aliphatic carbocycles. The number of hydrogen-bond donors (Lipinski definition) is 0. The van der Waals surface area contributed by atoms with Crippen LogP contribution in [0.25, 0.3) is 0 Å². The van der Waals surface area contributed by atoms with Gasteiger partial charge in [-0.05, 0) is 35.6 Å². The minimum atomic E-state index is 0.630. The van der Waals surface area contributed by atoms with Crippen LogP contribution in [0, 0.1) is 0 Å². The summed E-state index contributed by atoms with van der Waals surface area (Å²) in [6.45, 7) is 4.47. The van der Waals surface area contributed by atoms with Gasteiger partial charge in [0.05, 0.1) is 5.69 Å². The van der Waals surface area contributed by atoms with E-state index in [1.807, 2.05) is 36.5 Å². The summed E-state index contributed by atoms with van der Waals surface area (Å²) in [5.41, 5.74) is 3.53. The Morgan fingerprint density at radius 2 is 1.67 bits per heavy atom. The maximum atomic E-state index is 4.45. The molecule has 1 unspecified atom stereocenters. The van der Waals surface area contributed by atoms with Crippen molar-refractivity contribution in [1.29, 1.82) is 0 Å². The van der Waals surface area contributed by atoms with Gasteiger partial charge in [0.1, 0.15) is 0 Å². The lowest BCUT2D eigenvalue weighted by atomic mass is 9.98. The summed E-state index contributed by atoms with van der Waals surface area (Å²) in [5, 5.41) is 0. The highest BCUT2D eigenvalue weighted by Gasteiger charge is 2.01. The first-order valence-corrected chi connectivity index (χ1v) is 6.48. The lowest BCUT2D eigenvalue weighted by molar-refractivity contribution is 0.733. The van der Waals surface area contributed by atoms with Gasteiger partial charge < -0.3 is 0 Å². The normalized spacial score (nSPS) is 12.8. The van der Waals surface area contributed by atoms with Crippen molar-refractivity contribution in [2.45, 2.75) is 26.2 Å². The van der Waals surface area contributed by atoms with Crippen LogP contribution >= 0.6 is 0 Å². The molecule has 0 aromatic heterocycles. The zero-order valence-electron chi connectivity index (χ0n) is 11.0. The largest absolute Gasteiger partial charge is 0.256 e. The van der Waals surface area contributed by atoms with Gasteiger partial charge in [0, 0.05) is 6.21 Å². The molecule has 0 radical (unpaired) electrons. The Morgan fingerprint density at radius 3 is 2.28 bits per heavy atom. The number of benzene rings is 2. The van der Waals surface area contributed by atoms with Crippen LogP contribution in [-0.4, -0.2) is 6.21 Å². The van der Waals surface area contributed by atoms with Gasteiger partial charge in [-0.15, -0.1) is 0 Å². The molecule has 1 nitrogen and oxygen atoms in total. The van der Waals surface area contributed by atoms with E-state index < -0.39 is 0 Å². The smallest absolute Gasteiger partial charge is 0.0629 e. The number of aliphatic imine (C=N–C) groups is 1. The van der Waals surface area contributed by atoms with E-state index in [0.717, 1.165) is 11.3 Å². The maximum absolute atomic E-state index is 4.45. The fourth-order valence-electron chi connectivity index (χ4n) is 1.81. The summed E-state index contributed by atoms with van der Waals surface area (Å²) >= 11 is 0. The van der Waals surface area contributed by atoms with E-state index in [-0.39, 0.29) is 0 Å². The predicted molar refractivity (Wildman–Crippen MR) is 78.8 cm³/mol. The first kappa shape index (κ1) is 12.6. The Labute approximate surface area is 109 Å². The van der Waals surface area contributed by atoms with E-state index in [0.29, 0.717) is 5.92 Å². The summed E-state index contributed by atoms with van der Waals surface area (Å²) in [7, 11) is 0. The fourth-order valence-corrected chi connectivity index (χ4v) is 1.81. The minimum Gasteiger partial charge on any atom is -0.256 e. The lowest BCUT2D eigenvalue weighted by Crippen LogP contribution is -1.91. The summed E-state index contributed by atoms with van der Waals surface area (Å²) in [6, 6.07) is 18.7. The zero-order valence-corrected chi connectivity index (χ0v) is 11.0. The standard InChI is InChI=1S/C17H19N/c1-3-14(2)16-11-9-15(10-12-16)13-18-17-7-5-4-6-8-17/h4-14H,3H2,1-2H3. The van der Waals surface area contributed by atoms with Gasteiger partial charge in [-0.3, -0.25) is 4.99 Å². The first-order chi connectivity index (χ1) is 8.79. The topological polar surface area (TPSA) is 12.4 Å². The summed E-state index contributed by atoms with van der Waals surface area (Å²) < 4.78 is 0. The average molecular weight is 237 g/mol. The van der Waals surface area contributed by atoms with Gasteiger partial charge in [-0.2, -0.15) is 0 Å². The molecule has 0 heterocycles. The molecule has 1 atom stereocenters. The minimum absolute atomic E-state index is 0.630. The van der Waals surface area contributed by atoms with Crippen LogP contribution in [0.5, 0.6) is 0 Å². The van der Waals surface area contributed by atoms with Crippen molar-refractivity contribution in [1.82, 2.24) is 0 Å². The third-order valence-corrected chi connectivity index (χ3v) is 3.24. The van der Waals surface area contributed by atoms with Crippen molar-refractivity contribution < 1.29 is 0 Å². The van der Waals surface area contributed by atoms with E-state index in [2.05, 4.69) is 43.1 Å². The molecule has 92 valence electrons. The van der Waals surface area contributed by atoms with E-state index in [4.69, 9.17) is 0 Å². The Morgan fingerprint density at radius 1 is 1.00 bits per heavy atom. The van der Waals surface area contributed by atoms with Crippen molar-refractivity contribution in [3.05, 3.63) is 65.7 Å². The van der Waals surface area contributed by atoms with Crippen LogP contribution in [0.2, 0.25) is 0 Å². The van der Waals surface area contributed by atoms with Crippen molar-refractivity contribution in [3.63, 3.8) is 0 Å². The average Bonchev–Trinajstić information content (AvgIpc) is 2.46. The number of hydrogen-bond acceptors (Lipinski definition) is 1. The van der Waals surface area contributed by atoms with Crippen LogP contribution in [0.1, 0.15) is 37.3 Å². The van der Waals surface area contributed by atoms with Crippen LogP contribution in [0.4, 0.5) is 5.69 Å². The Hall–Kier alpha value is -1.89. The molecule has 0 saturated heterocycles. The summed E-state index contributed by atoms with van der Waals surface area (Å²) in [4.78, 5) is 4.45. The van der Waals surface area contributed by atoms with E-state index in [1.54, 1.807) is 0 Å². The molecule has 2 aromatic carbocycles. The third kappa shape index (κ3) is 3.30. The lowest BCUT2D eigenvalue weighted by Gasteiger charge is -2.08. The second-order valence-electron chi connectivity index (χ2n) is 4.57. The van der Waals surface area contributed by atoms with Crippen molar-refractivity contribution >= 4 is 11.9 Å². The Balaban J connectivity index is 2.09. The van der Waals surface area contributed by atoms with Gasteiger partial charge in [0.15, 0.2) is 0 Å². The maximum Gasteiger partial charge on any atom is 0.0629 e. The molecule has 0 aliphatic rings. The van der Waals surface area contributed by atoms with E-state index in [9.17, 15) is 0 Å². The second-order valence-corrected chi connectivity index (χ2v) is 4.57. The first-order valence-electron chi connectivity index (χ1n) is 6.48. The third-order valence-electron chi connectivity index (χ3n) is 3.24. The van der Waals surface area contributed by atoms with E-state index >= 15 is 0 Å². The van der Waals surface area contributed by atoms with Crippen LogP contribution in [0.15, 0.2) is 59.6 Å². The molecule has 1 heteroatoms. The number of para-hydroxylation sites is 1. The van der Waals surface area contributed by atoms with Crippen molar-refractivity contribution in [3.8, 4) is 0 Å². The van der Waals surface area contributed by atoms with Crippen LogP contribution in [-0.2, 0) is 0 Å². The Bertz CT molecular complexity index is 497. The van der Waals surface area contributed by atoms with E-state index in [1.165, 1.54) is 12.0 Å². The molecule has 0 bridgehead atoms. The molecule has 0 saturated carbocycles. The molecule has 0 spiro atoms. The molecule has 0 amide bonds. The van der Waals surface area contributed by atoms with Gasteiger partial charge >= 0.3 is 0 Å². The highest BCUT2D eigenvalue weighted by Crippen LogP contribution is 2.18. The molecular formula is C17H19N. The molecular weight excluding hydrogens is 218 g/mol. The summed E-state index contributed by atoms with van der Waals surface area (Å²) in [5.74, 6) is 0.630. The molecule has 0 N–H and O–H groups in total. The highest BCUT2D eigenvalue weighted by atomic mass is 14.7. The Kier molecular flexibility index (Phi) is 4.30. The molecule has 18 heavy (non-hydrogen) atoms. The van der Waals surface area contributed by atoms with Gasteiger partial charge in [-0.25, -0.2) is 0 Å². The highest BCUT2D eigenvalue weighted by molar-refractivity contribution is 5.81. The van der Waals surface area contributed by atoms with Gasteiger partial charge in [0.2, 0.25) is 0 Å². The predicted octanol–water partition coefficient (Wildman–Crippen LogP) is 4.95. The molecule has 2 aromatic rings. The van der Waals surface area contributed by atoms with Gasteiger partial charge in [0.25, 0.3) is 0 Å². The number of nitrogens with zero attached hydrogens (tertiary/aromatic N) is 1. The number of rotatable bonds is 4. The summed E-state index contributed by atoms with van der Waals surface area (Å²) in [6.07, 6.45) is 3.09. The monoisotopic (exact) mass is 237 g/mol. The molecule has 0 fully saturated rings. The van der Waals surface area contributed by atoms with Gasteiger partial charge in [-0.1, -0.05) is 56.3 Å². The molecule has 2 rings (SSSR count). The van der Waals surface area contributed by atoms with Crippen LogP contribution < -0.4 is 0 Å². The van der Waals surface area contributed by atoms with Crippen LogP contribution in [0.3, 0.4) is 0 Å². The van der Waals surface area contributed by atoms with Crippen molar-refractivity contribution in [2.75, 3.05) is 0 Å². The quantitative estimate of drug-likeness (QED) is 0.667.